The number of fused-ring (bicyclic) bond motifs is 2. The van der Waals surface area contributed by atoms with E-state index in [0.717, 1.165) is 19.3 Å². The highest BCUT2D eigenvalue weighted by Crippen LogP contribution is 2.62. The third kappa shape index (κ3) is 2.23. The number of hydrogen-bond acceptors (Lipinski definition) is 2. The Labute approximate surface area is 124 Å². The molecule has 2 aliphatic carbocycles. The van der Waals surface area contributed by atoms with E-state index in [1.54, 1.807) is 0 Å². The maximum atomic E-state index is 12.7. The number of carbonyl (C=O) groups excluding carboxylic acids is 1. The minimum absolute atomic E-state index is 0.00380. The van der Waals surface area contributed by atoms with Crippen LogP contribution in [-0.4, -0.2) is 34.5 Å². The summed E-state index contributed by atoms with van der Waals surface area (Å²) in [6, 6.07) is 8.27. The SMILES string of the molecule is CC(C)N(CC(=O)O)C(=O)C1CC12CCc1ccccc12. The van der Waals surface area contributed by atoms with Gasteiger partial charge < -0.3 is 10.0 Å². The van der Waals surface area contributed by atoms with Gasteiger partial charge in [-0.2, -0.15) is 0 Å². The van der Waals surface area contributed by atoms with Crippen LogP contribution in [0.25, 0.3) is 0 Å². The van der Waals surface area contributed by atoms with Gasteiger partial charge in [0.1, 0.15) is 6.54 Å². The molecule has 2 aliphatic rings. The Hall–Kier alpha value is -1.84. The molecule has 21 heavy (non-hydrogen) atoms. The Morgan fingerprint density at radius 1 is 1.38 bits per heavy atom. The molecule has 1 N–H and O–H groups in total. The molecule has 0 radical (unpaired) electrons. The summed E-state index contributed by atoms with van der Waals surface area (Å²) in [7, 11) is 0. The Morgan fingerprint density at radius 3 is 2.76 bits per heavy atom. The molecule has 0 bridgehead atoms. The summed E-state index contributed by atoms with van der Waals surface area (Å²) in [5.74, 6) is -0.981. The number of hydrogen-bond donors (Lipinski definition) is 1. The van der Waals surface area contributed by atoms with Gasteiger partial charge in [-0.05, 0) is 44.2 Å². The van der Waals surface area contributed by atoms with Crippen LogP contribution in [0.4, 0.5) is 0 Å². The predicted octanol–water partition coefficient (Wildman–Crippen LogP) is 2.21. The second-order valence-electron chi connectivity index (χ2n) is 6.52. The molecule has 1 fully saturated rings. The molecule has 0 aromatic heterocycles. The second-order valence-corrected chi connectivity index (χ2v) is 6.52. The lowest BCUT2D eigenvalue weighted by atomic mass is 9.95. The minimum Gasteiger partial charge on any atom is -0.480 e. The lowest BCUT2D eigenvalue weighted by molar-refractivity contribution is -0.146. The molecule has 4 heteroatoms. The molecule has 2 unspecified atom stereocenters. The van der Waals surface area contributed by atoms with Gasteiger partial charge in [-0.1, -0.05) is 24.3 Å². The van der Waals surface area contributed by atoms with E-state index in [0.29, 0.717) is 0 Å². The van der Waals surface area contributed by atoms with Gasteiger partial charge in [0.15, 0.2) is 0 Å². The van der Waals surface area contributed by atoms with Crippen LogP contribution in [0.5, 0.6) is 0 Å². The van der Waals surface area contributed by atoms with Crippen molar-refractivity contribution in [3.05, 3.63) is 35.4 Å². The van der Waals surface area contributed by atoms with Crippen molar-refractivity contribution in [3.8, 4) is 0 Å². The third-order valence-electron chi connectivity index (χ3n) is 4.98. The lowest BCUT2D eigenvalue weighted by Gasteiger charge is -2.26. The summed E-state index contributed by atoms with van der Waals surface area (Å²) >= 11 is 0. The van der Waals surface area contributed by atoms with Crippen LogP contribution in [0, 0.1) is 5.92 Å². The van der Waals surface area contributed by atoms with E-state index in [4.69, 9.17) is 5.11 Å². The molecule has 3 rings (SSSR count). The monoisotopic (exact) mass is 287 g/mol. The number of nitrogens with zero attached hydrogens (tertiary/aromatic N) is 1. The van der Waals surface area contributed by atoms with Gasteiger partial charge >= 0.3 is 5.97 Å². The molecule has 2 atom stereocenters. The molecule has 112 valence electrons. The Kier molecular flexibility index (Phi) is 3.27. The highest BCUT2D eigenvalue weighted by atomic mass is 16.4. The van der Waals surface area contributed by atoms with Gasteiger partial charge in [0.05, 0.1) is 0 Å². The smallest absolute Gasteiger partial charge is 0.323 e. The fourth-order valence-corrected chi connectivity index (χ4v) is 3.78. The van der Waals surface area contributed by atoms with Crippen LogP contribution >= 0.6 is 0 Å². The first-order valence-corrected chi connectivity index (χ1v) is 7.56. The maximum absolute atomic E-state index is 12.7. The molecule has 1 aromatic rings. The van der Waals surface area contributed by atoms with Crippen LogP contribution in [0.15, 0.2) is 24.3 Å². The van der Waals surface area contributed by atoms with Gasteiger partial charge in [0, 0.05) is 17.4 Å². The van der Waals surface area contributed by atoms with E-state index in [1.807, 2.05) is 26.0 Å². The number of carbonyl (C=O) groups is 2. The first-order chi connectivity index (χ1) is 9.95. The number of aryl methyl sites for hydroxylation is 1. The summed E-state index contributed by atoms with van der Waals surface area (Å²) in [5, 5.41) is 9.00. The van der Waals surface area contributed by atoms with Crippen LogP contribution < -0.4 is 0 Å². The highest BCUT2D eigenvalue weighted by molar-refractivity contribution is 5.88. The maximum Gasteiger partial charge on any atom is 0.323 e. The molecular weight excluding hydrogens is 266 g/mol. The van der Waals surface area contributed by atoms with Crippen LogP contribution in [0.1, 0.15) is 37.8 Å². The first-order valence-electron chi connectivity index (χ1n) is 7.56. The average molecular weight is 287 g/mol. The van der Waals surface area contributed by atoms with E-state index in [2.05, 4.69) is 12.1 Å². The molecule has 0 saturated heterocycles. The Morgan fingerprint density at radius 2 is 2.10 bits per heavy atom. The summed E-state index contributed by atoms with van der Waals surface area (Å²) in [6.07, 6.45) is 2.91. The molecule has 4 nitrogen and oxygen atoms in total. The number of carboxylic acids is 1. The summed E-state index contributed by atoms with van der Waals surface area (Å²) < 4.78 is 0. The number of aliphatic carboxylic acids is 1. The van der Waals surface area contributed by atoms with Crippen LogP contribution in [0.2, 0.25) is 0 Å². The van der Waals surface area contributed by atoms with Gasteiger partial charge in [-0.15, -0.1) is 0 Å². The number of amides is 1. The zero-order valence-corrected chi connectivity index (χ0v) is 12.5. The molecule has 0 aliphatic heterocycles. The summed E-state index contributed by atoms with van der Waals surface area (Å²) in [4.78, 5) is 25.2. The van der Waals surface area contributed by atoms with Gasteiger partial charge in [0.2, 0.25) is 5.91 Å². The zero-order chi connectivity index (χ0) is 15.2. The number of carboxylic acid groups (broad SMARTS) is 1. The van der Waals surface area contributed by atoms with Gasteiger partial charge in [0.25, 0.3) is 0 Å². The lowest BCUT2D eigenvalue weighted by Crippen LogP contribution is -2.42. The average Bonchev–Trinajstić information content (AvgIpc) is 3.05. The molecule has 1 aromatic carbocycles. The summed E-state index contributed by atoms with van der Waals surface area (Å²) in [5.41, 5.74) is 2.64. The van der Waals surface area contributed by atoms with E-state index < -0.39 is 5.97 Å². The number of benzene rings is 1. The largest absolute Gasteiger partial charge is 0.480 e. The molecule has 0 heterocycles. The van der Waals surface area contributed by atoms with Crippen molar-refractivity contribution in [1.29, 1.82) is 0 Å². The van der Waals surface area contributed by atoms with Crippen LogP contribution in [-0.2, 0) is 21.4 Å². The van der Waals surface area contributed by atoms with E-state index in [9.17, 15) is 9.59 Å². The Balaban J connectivity index is 1.81. The van der Waals surface area contributed by atoms with Crippen molar-refractivity contribution in [1.82, 2.24) is 4.90 Å². The fourth-order valence-electron chi connectivity index (χ4n) is 3.78. The minimum atomic E-state index is -0.946. The normalized spacial score (nSPS) is 26.0. The molecular formula is C17H21NO3. The first kappa shape index (κ1) is 14.1. The highest BCUT2D eigenvalue weighted by Gasteiger charge is 2.62. The van der Waals surface area contributed by atoms with Crippen LogP contribution in [0.3, 0.4) is 0 Å². The molecule has 1 saturated carbocycles. The molecule has 1 spiro atoms. The van der Waals surface area contributed by atoms with Crippen molar-refractivity contribution in [3.63, 3.8) is 0 Å². The fraction of sp³-hybridized carbons (Fsp3) is 0.529. The summed E-state index contributed by atoms with van der Waals surface area (Å²) in [6.45, 7) is 3.54. The van der Waals surface area contributed by atoms with E-state index >= 15 is 0 Å². The zero-order valence-electron chi connectivity index (χ0n) is 12.5. The van der Waals surface area contributed by atoms with E-state index in [1.165, 1.54) is 16.0 Å². The van der Waals surface area contributed by atoms with Crippen molar-refractivity contribution < 1.29 is 14.7 Å². The van der Waals surface area contributed by atoms with E-state index in [-0.39, 0.29) is 29.8 Å². The predicted molar refractivity (Wildman–Crippen MR) is 79.0 cm³/mol. The quantitative estimate of drug-likeness (QED) is 0.923. The standard InChI is InChI=1S/C17H21NO3/c1-11(2)18(10-15(19)20)16(21)14-9-17(14)8-7-12-5-3-4-6-13(12)17/h3-6,11,14H,7-10H2,1-2H3,(H,19,20). The Bertz CT molecular complexity index is 595. The van der Waals surface area contributed by atoms with Crippen molar-refractivity contribution in [2.24, 2.45) is 5.92 Å². The molecule has 1 amide bonds. The third-order valence-corrected chi connectivity index (χ3v) is 4.98. The second kappa shape index (κ2) is 4.86. The van der Waals surface area contributed by atoms with Crippen molar-refractivity contribution >= 4 is 11.9 Å². The topological polar surface area (TPSA) is 57.6 Å². The van der Waals surface area contributed by atoms with Gasteiger partial charge in [-0.3, -0.25) is 9.59 Å². The van der Waals surface area contributed by atoms with Crippen molar-refractivity contribution in [2.75, 3.05) is 6.54 Å². The number of rotatable bonds is 4. The van der Waals surface area contributed by atoms with Crippen molar-refractivity contribution in [2.45, 2.75) is 44.6 Å². The van der Waals surface area contributed by atoms with Gasteiger partial charge in [-0.25, -0.2) is 0 Å².